The van der Waals surface area contributed by atoms with Crippen molar-refractivity contribution in [3.63, 3.8) is 0 Å². The summed E-state index contributed by atoms with van der Waals surface area (Å²) in [5, 5.41) is 2.97. The number of hydrogen-bond donors (Lipinski definition) is 1. The molecule has 0 radical (unpaired) electrons. The highest BCUT2D eigenvalue weighted by molar-refractivity contribution is 5.81. The molecule has 2 amide bonds. The van der Waals surface area contributed by atoms with Crippen LogP contribution in [0.15, 0.2) is 0 Å². The van der Waals surface area contributed by atoms with Gasteiger partial charge in [-0.25, -0.2) is 0 Å². The van der Waals surface area contributed by atoms with Gasteiger partial charge in [-0.3, -0.25) is 9.59 Å². The summed E-state index contributed by atoms with van der Waals surface area (Å²) in [5.41, 5.74) is 0. The van der Waals surface area contributed by atoms with Gasteiger partial charge >= 0.3 is 0 Å². The molecule has 1 fully saturated rings. The van der Waals surface area contributed by atoms with Gasteiger partial charge < -0.3 is 10.2 Å². The Morgan fingerprint density at radius 1 is 1.15 bits per heavy atom. The van der Waals surface area contributed by atoms with Crippen molar-refractivity contribution in [3.05, 3.63) is 0 Å². The smallest absolute Gasteiger partial charge is 0.225 e. The minimum Gasteiger partial charge on any atom is -0.354 e. The average molecular weight is 282 g/mol. The third-order valence-corrected chi connectivity index (χ3v) is 4.10. The predicted octanol–water partition coefficient (Wildman–Crippen LogP) is 2.58. The summed E-state index contributed by atoms with van der Waals surface area (Å²) in [4.78, 5) is 26.1. The molecule has 0 aromatic carbocycles. The number of carbonyl (C=O) groups is 2. The minimum absolute atomic E-state index is 0.0994. The van der Waals surface area contributed by atoms with Crippen molar-refractivity contribution in [1.82, 2.24) is 10.2 Å². The van der Waals surface area contributed by atoms with E-state index in [1.54, 1.807) is 0 Å². The molecule has 0 aromatic heterocycles. The zero-order chi connectivity index (χ0) is 15.1. The van der Waals surface area contributed by atoms with Gasteiger partial charge in [0.05, 0.1) is 0 Å². The van der Waals surface area contributed by atoms with E-state index in [2.05, 4.69) is 12.2 Å². The first-order chi connectivity index (χ1) is 9.45. The van der Waals surface area contributed by atoms with Gasteiger partial charge in [0.25, 0.3) is 0 Å². The molecule has 20 heavy (non-hydrogen) atoms. The number of rotatable bonds is 6. The van der Waals surface area contributed by atoms with Crippen LogP contribution >= 0.6 is 0 Å². The van der Waals surface area contributed by atoms with E-state index in [0.717, 1.165) is 45.1 Å². The molecular formula is C16H30N2O2. The SMILES string of the molecule is CCCCN(C)C(=O)C1CCC(C(=O)NC(C)C)CC1. The van der Waals surface area contributed by atoms with E-state index in [9.17, 15) is 9.59 Å². The Labute approximate surface area is 123 Å². The molecule has 1 saturated carbocycles. The quantitative estimate of drug-likeness (QED) is 0.814. The zero-order valence-corrected chi connectivity index (χ0v) is 13.4. The standard InChI is InChI=1S/C16H30N2O2/c1-5-6-11-18(4)16(20)14-9-7-13(8-10-14)15(19)17-12(2)3/h12-14H,5-11H2,1-4H3,(H,17,19). The number of nitrogens with zero attached hydrogens (tertiary/aromatic N) is 1. The molecule has 0 aromatic rings. The normalized spacial score (nSPS) is 22.6. The summed E-state index contributed by atoms with van der Waals surface area (Å²) in [6.07, 6.45) is 5.57. The van der Waals surface area contributed by atoms with Crippen molar-refractivity contribution in [2.24, 2.45) is 11.8 Å². The maximum Gasteiger partial charge on any atom is 0.225 e. The second-order valence-corrected chi connectivity index (χ2v) is 6.33. The molecule has 0 bridgehead atoms. The molecule has 0 heterocycles. The number of amides is 2. The first-order valence-corrected chi connectivity index (χ1v) is 8.01. The molecule has 4 nitrogen and oxygen atoms in total. The molecule has 0 saturated heterocycles. The highest BCUT2D eigenvalue weighted by Crippen LogP contribution is 2.30. The Morgan fingerprint density at radius 3 is 2.20 bits per heavy atom. The van der Waals surface area contributed by atoms with Crippen LogP contribution in [-0.4, -0.2) is 36.3 Å². The van der Waals surface area contributed by atoms with Crippen molar-refractivity contribution < 1.29 is 9.59 Å². The molecule has 1 rings (SSSR count). The summed E-state index contributed by atoms with van der Waals surface area (Å²) in [6.45, 7) is 6.95. The number of nitrogens with one attached hydrogen (secondary N) is 1. The number of hydrogen-bond acceptors (Lipinski definition) is 2. The van der Waals surface area contributed by atoms with E-state index in [-0.39, 0.29) is 29.7 Å². The maximum atomic E-state index is 12.3. The van der Waals surface area contributed by atoms with Crippen molar-refractivity contribution in [2.75, 3.05) is 13.6 Å². The largest absolute Gasteiger partial charge is 0.354 e. The van der Waals surface area contributed by atoms with E-state index in [4.69, 9.17) is 0 Å². The Morgan fingerprint density at radius 2 is 1.70 bits per heavy atom. The van der Waals surface area contributed by atoms with Crippen molar-refractivity contribution in [1.29, 1.82) is 0 Å². The molecule has 4 heteroatoms. The predicted molar refractivity (Wildman–Crippen MR) is 81.3 cm³/mol. The fraction of sp³-hybridized carbons (Fsp3) is 0.875. The van der Waals surface area contributed by atoms with Gasteiger partial charge in [0.2, 0.25) is 11.8 Å². The maximum absolute atomic E-state index is 12.3. The van der Waals surface area contributed by atoms with Gasteiger partial charge in [0.15, 0.2) is 0 Å². The van der Waals surface area contributed by atoms with Crippen LogP contribution < -0.4 is 5.32 Å². The van der Waals surface area contributed by atoms with Crippen molar-refractivity contribution >= 4 is 11.8 Å². The third-order valence-electron chi connectivity index (χ3n) is 4.10. The molecular weight excluding hydrogens is 252 g/mol. The lowest BCUT2D eigenvalue weighted by Crippen LogP contribution is -2.40. The van der Waals surface area contributed by atoms with Crippen LogP contribution in [0, 0.1) is 11.8 Å². The Bertz CT molecular complexity index is 320. The Kier molecular flexibility index (Phi) is 7.03. The average Bonchev–Trinajstić information content (AvgIpc) is 2.43. The van der Waals surface area contributed by atoms with Crippen LogP contribution in [0.3, 0.4) is 0 Å². The Balaban J connectivity index is 2.38. The monoisotopic (exact) mass is 282 g/mol. The van der Waals surface area contributed by atoms with E-state index in [1.807, 2.05) is 25.8 Å². The fourth-order valence-electron chi connectivity index (χ4n) is 2.82. The molecule has 116 valence electrons. The molecule has 0 spiro atoms. The second kappa shape index (κ2) is 8.28. The first kappa shape index (κ1) is 17.0. The lowest BCUT2D eigenvalue weighted by Gasteiger charge is -2.30. The fourth-order valence-corrected chi connectivity index (χ4v) is 2.82. The molecule has 0 unspecified atom stereocenters. The lowest BCUT2D eigenvalue weighted by atomic mass is 9.81. The van der Waals surface area contributed by atoms with E-state index in [0.29, 0.717) is 0 Å². The van der Waals surface area contributed by atoms with Gasteiger partial charge in [-0.15, -0.1) is 0 Å². The van der Waals surface area contributed by atoms with E-state index < -0.39 is 0 Å². The zero-order valence-electron chi connectivity index (χ0n) is 13.4. The van der Waals surface area contributed by atoms with Gasteiger partial charge in [-0.05, 0) is 46.0 Å². The lowest BCUT2D eigenvalue weighted by molar-refractivity contribution is -0.137. The highest BCUT2D eigenvalue weighted by atomic mass is 16.2. The van der Waals surface area contributed by atoms with Gasteiger partial charge in [-0.2, -0.15) is 0 Å². The molecule has 1 aliphatic carbocycles. The van der Waals surface area contributed by atoms with Crippen LogP contribution in [0.25, 0.3) is 0 Å². The summed E-state index contributed by atoms with van der Waals surface area (Å²) in [6, 6.07) is 0.196. The molecule has 0 atom stereocenters. The highest BCUT2D eigenvalue weighted by Gasteiger charge is 2.31. The van der Waals surface area contributed by atoms with Crippen molar-refractivity contribution in [2.45, 2.75) is 65.3 Å². The van der Waals surface area contributed by atoms with Gasteiger partial charge in [-0.1, -0.05) is 13.3 Å². The van der Waals surface area contributed by atoms with Gasteiger partial charge in [0.1, 0.15) is 0 Å². The van der Waals surface area contributed by atoms with Crippen LogP contribution in [0.1, 0.15) is 59.3 Å². The number of carbonyl (C=O) groups excluding carboxylic acids is 2. The summed E-state index contributed by atoms with van der Waals surface area (Å²) >= 11 is 0. The summed E-state index contributed by atoms with van der Waals surface area (Å²) in [7, 11) is 1.90. The van der Waals surface area contributed by atoms with E-state index >= 15 is 0 Å². The minimum atomic E-state index is 0.0994. The van der Waals surface area contributed by atoms with E-state index in [1.165, 1.54) is 0 Å². The first-order valence-electron chi connectivity index (χ1n) is 8.01. The van der Waals surface area contributed by atoms with Gasteiger partial charge in [0, 0.05) is 31.5 Å². The summed E-state index contributed by atoms with van der Waals surface area (Å²) in [5.74, 6) is 0.647. The summed E-state index contributed by atoms with van der Waals surface area (Å²) < 4.78 is 0. The van der Waals surface area contributed by atoms with Crippen molar-refractivity contribution in [3.8, 4) is 0 Å². The van der Waals surface area contributed by atoms with Crippen LogP contribution in [-0.2, 0) is 9.59 Å². The molecule has 0 aliphatic heterocycles. The third kappa shape index (κ3) is 5.14. The van der Waals surface area contributed by atoms with Crippen LogP contribution in [0.2, 0.25) is 0 Å². The topological polar surface area (TPSA) is 49.4 Å². The molecule has 1 N–H and O–H groups in total. The van der Waals surface area contributed by atoms with Crippen LogP contribution in [0.4, 0.5) is 0 Å². The number of unbranched alkanes of at least 4 members (excludes halogenated alkanes) is 1. The molecule has 1 aliphatic rings. The van der Waals surface area contributed by atoms with Crippen LogP contribution in [0.5, 0.6) is 0 Å². The Hall–Kier alpha value is -1.06. The second-order valence-electron chi connectivity index (χ2n) is 6.33.